The Morgan fingerprint density at radius 1 is 1.33 bits per heavy atom. The number of likely N-dealkylation sites (tertiary alicyclic amines) is 1. The number of hydrogen-bond acceptors (Lipinski definition) is 2. The van der Waals surface area contributed by atoms with Gasteiger partial charge in [0.1, 0.15) is 0 Å². The third kappa shape index (κ3) is 3.98. The van der Waals surface area contributed by atoms with Gasteiger partial charge in [-0.05, 0) is 63.5 Å². The SMILES string of the molecule is CNCC1CCCN1CCCc1ccc(Cl)cc1. The molecule has 1 saturated heterocycles. The average molecular weight is 267 g/mol. The number of hydrogen-bond donors (Lipinski definition) is 1. The first-order valence-electron chi connectivity index (χ1n) is 6.92. The molecule has 1 aromatic rings. The van der Waals surface area contributed by atoms with Crippen LogP contribution in [0.15, 0.2) is 24.3 Å². The van der Waals surface area contributed by atoms with Crippen LogP contribution in [-0.4, -0.2) is 37.6 Å². The maximum Gasteiger partial charge on any atom is 0.0406 e. The van der Waals surface area contributed by atoms with Gasteiger partial charge in [0, 0.05) is 17.6 Å². The fourth-order valence-corrected chi connectivity index (χ4v) is 2.92. The Labute approximate surface area is 115 Å². The molecule has 1 aliphatic heterocycles. The van der Waals surface area contributed by atoms with E-state index in [9.17, 15) is 0 Å². The molecule has 1 aliphatic rings. The maximum atomic E-state index is 5.89. The highest BCUT2D eigenvalue weighted by molar-refractivity contribution is 6.30. The molecule has 1 atom stereocenters. The first-order valence-corrected chi connectivity index (χ1v) is 7.30. The van der Waals surface area contributed by atoms with Crippen molar-refractivity contribution in [1.82, 2.24) is 10.2 Å². The van der Waals surface area contributed by atoms with Crippen molar-refractivity contribution in [2.45, 2.75) is 31.7 Å². The summed E-state index contributed by atoms with van der Waals surface area (Å²) in [5.74, 6) is 0. The van der Waals surface area contributed by atoms with Gasteiger partial charge >= 0.3 is 0 Å². The van der Waals surface area contributed by atoms with Crippen molar-refractivity contribution < 1.29 is 0 Å². The van der Waals surface area contributed by atoms with E-state index < -0.39 is 0 Å². The molecule has 2 rings (SSSR count). The molecule has 2 nitrogen and oxygen atoms in total. The summed E-state index contributed by atoms with van der Waals surface area (Å²) < 4.78 is 0. The van der Waals surface area contributed by atoms with Gasteiger partial charge in [0.2, 0.25) is 0 Å². The van der Waals surface area contributed by atoms with Crippen molar-refractivity contribution in [2.24, 2.45) is 0 Å². The smallest absolute Gasteiger partial charge is 0.0406 e. The van der Waals surface area contributed by atoms with Gasteiger partial charge in [-0.2, -0.15) is 0 Å². The van der Waals surface area contributed by atoms with Crippen LogP contribution in [0.4, 0.5) is 0 Å². The molecule has 100 valence electrons. The van der Waals surface area contributed by atoms with Crippen LogP contribution in [0.3, 0.4) is 0 Å². The van der Waals surface area contributed by atoms with Crippen molar-refractivity contribution >= 4 is 11.6 Å². The van der Waals surface area contributed by atoms with Crippen molar-refractivity contribution in [3.8, 4) is 0 Å². The van der Waals surface area contributed by atoms with E-state index in [4.69, 9.17) is 11.6 Å². The molecule has 1 heterocycles. The molecule has 0 amide bonds. The Bertz CT molecular complexity index is 350. The molecule has 18 heavy (non-hydrogen) atoms. The number of aryl methyl sites for hydroxylation is 1. The zero-order valence-corrected chi connectivity index (χ0v) is 11.9. The normalized spacial score (nSPS) is 20.4. The second kappa shape index (κ2) is 7.13. The van der Waals surface area contributed by atoms with E-state index in [0.29, 0.717) is 0 Å². The molecule has 0 spiro atoms. The summed E-state index contributed by atoms with van der Waals surface area (Å²) >= 11 is 5.89. The van der Waals surface area contributed by atoms with Crippen molar-refractivity contribution in [2.75, 3.05) is 26.7 Å². The second-order valence-electron chi connectivity index (χ2n) is 5.12. The first kappa shape index (κ1) is 13.9. The van der Waals surface area contributed by atoms with Crippen molar-refractivity contribution in [1.29, 1.82) is 0 Å². The van der Waals surface area contributed by atoms with Gasteiger partial charge in [0.15, 0.2) is 0 Å². The molecule has 3 heteroatoms. The van der Waals surface area contributed by atoms with E-state index >= 15 is 0 Å². The van der Waals surface area contributed by atoms with Gasteiger partial charge < -0.3 is 5.32 Å². The van der Waals surface area contributed by atoms with E-state index in [0.717, 1.165) is 24.0 Å². The molecule has 1 fully saturated rings. The van der Waals surface area contributed by atoms with Crippen LogP contribution < -0.4 is 5.32 Å². The average Bonchev–Trinajstić information content (AvgIpc) is 2.80. The molecule has 0 aromatic heterocycles. The minimum atomic E-state index is 0.750. The minimum Gasteiger partial charge on any atom is -0.318 e. The van der Waals surface area contributed by atoms with Gasteiger partial charge in [0.25, 0.3) is 0 Å². The highest BCUT2D eigenvalue weighted by atomic mass is 35.5. The summed E-state index contributed by atoms with van der Waals surface area (Å²) in [5, 5.41) is 4.12. The Balaban J connectivity index is 1.73. The summed E-state index contributed by atoms with van der Waals surface area (Å²) in [6.45, 7) is 3.61. The number of benzene rings is 1. The molecule has 1 aromatic carbocycles. The summed E-state index contributed by atoms with van der Waals surface area (Å²) in [6, 6.07) is 8.99. The molecule has 0 bridgehead atoms. The Kier molecular flexibility index (Phi) is 5.48. The van der Waals surface area contributed by atoms with Crippen LogP contribution in [0, 0.1) is 0 Å². The zero-order chi connectivity index (χ0) is 12.8. The molecule has 0 aliphatic carbocycles. The summed E-state index contributed by atoms with van der Waals surface area (Å²) in [6.07, 6.45) is 5.09. The van der Waals surface area contributed by atoms with E-state index in [1.807, 2.05) is 19.2 Å². The summed E-state index contributed by atoms with van der Waals surface area (Å²) in [4.78, 5) is 2.63. The lowest BCUT2D eigenvalue weighted by molar-refractivity contribution is 0.248. The maximum absolute atomic E-state index is 5.89. The van der Waals surface area contributed by atoms with Crippen LogP contribution >= 0.6 is 11.6 Å². The van der Waals surface area contributed by atoms with Crippen LogP contribution in [0.5, 0.6) is 0 Å². The molecule has 1 N–H and O–H groups in total. The van der Waals surface area contributed by atoms with Crippen LogP contribution in [-0.2, 0) is 6.42 Å². The van der Waals surface area contributed by atoms with Gasteiger partial charge in [-0.3, -0.25) is 4.90 Å². The quantitative estimate of drug-likeness (QED) is 0.852. The Morgan fingerprint density at radius 2 is 2.11 bits per heavy atom. The van der Waals surface area contributed by atoms with Crippen LogP contribution in [0.25, 0.3) is 0 Å². The number of likely N-dealkylation sites (N-methyl/N-ethyl adjacent to an activating group) is 1. The summed E-state index contributed by atoms with van der Waals surface area (Å²) in [5.41, 5.74) is 1.39. The van der Waals surface area contributed by atoms with Gasteiger partial charge in [-0.25, -0.2) is 0 Å². The van der Waals surface area contributed by atoms with E-state index in [1.165, 1.54) is 37.9 Å². The largest absolute Gasteiger partial charge is 0.318 e. The fourth-order valence-electron chi connectivity index (χ4n) is 2.79. The minimum absolute atomic E-state index is 0.750. The molecule has 0 radical (unpaired) electrons. The monoisotopic (exact) mass is 266 g/mol. The van der Waals surface area contributed by atoms with Crippen LogP contribution in [0.1, 0.15) is 24.8 Å². The van der Waals surface area contributed by atoms with Crippen molar-refractivity contribution in [3.63, 3.8) is 0 Å². The third-order valence-electron chi connectivity index (χ3n) is 3.76. The predicted octanol–water partition coefficient (Wildman–Crippen LogP) is 2.96. The lowest BCUT2D eigenvalue weighted by atomic mass is 10.1. The number of nitrogens with one attached hydrogen (secondary N) is 1. The Hall–Kier alpha value is -0.570. The highest BCUT2D eigenvalue weighted by Gasteiger charge is 2.22. The molecular formula is C15H23ClN2. The van der Waals surface area contributed by atoms with Gasteiger partial charge in [-0.15, -0.1) is 0 Å². The zero-order valence-electron chi connectivity index (χ0n) is 11.2. The first-order chi connectivity index (χ1) is 8.79. The second-order valence-corrected chi connectivity index (χ2v) is 5.56. The topological polar surface area (TPSA) is 15.3 Å². The number of rotatable bonds is 6. The van der Waals surface area contributed by atoms with Crippen LogP contribution in [0.2, 0.25) is 5.02 Å². The lowest BCUT2D eigenvalue weighted by Crippen LogP contribution is -2.37. The van der Waals surface area contributed by atoms with E-state index in [2.05, 4.69) is 22.3 Å². The molecule has 1 unspecified atom stereocenters. The molecular weight excluding hydrogens is 244 g/mol. The molecule has 0 saturated carbocycles. The van der Waals surface area contributed by atoms with E-state index in [-0.39, 0.29) is 0 Å². The fraction of sp³-hybridized carbons (Fsp3) is 0.600. The predicted molar refractivity (Wildman–Crippen MR) is 78.3 cm³/mol. The number of nitrogens with zero attached hydrogens (tertiary/aromatic N) is 1. The van der Waals surface area contributed by atoms with Gasteiger partial charge in [0.05, 0.1) is 0 Å². The van der Waals surface area contributed by atoms with E-state index in [1.54, 1.807) is 0 Å². The van der Waals surface area contributed by atoms with Gasteiger partial charge in [-0.1, -0.05) is 23.7 Å². The highest BCUT2D eigenvalue weighted by Crippen LogP contribution is 2.17. The third-order valence-corrected chi connectivity index (χ3v) is 4.01. The summed E-state index contributed by atoms with van der Waals surface area (Å²) in [7, 11) is 2.05. The Morgan fingerprint density at radius 3 is 2.83 bits per heavy atom. The standard InChI is InChI=1S/C15H23ClN2/c1-17-12-15-5-3-11-18(15)10-2-4-13-6-8-14(16)9-7-13/h6-9,15,17H,2-5,10-12H2,1H3. The lowest BCUT2D eigenvalue weighted by Gasteiger charge is -2.24. The number of halogens is 1. The van der Waals surface area contributed by atoms with Crippen molar-refractivity contribution in [3.05, 3.63) is 34.9 Å².